The molecule has 98 valence electrons. The van der Waals surface area contributed by atoms with E-state index in [9.17, 15) is 4.79 Å². The zero-order chi connectivity index (χ0) is 13.0. The maximum Gasteiger partial charge on any atom is 0.239 e. The zero-order valence-electron chi connectivity index (χ0n) is 10.9. The lowest BCUT2D eigenvalue weighted by atomic mass is 10.2. The third kappa shape index (κ3) is 3.15. The van der Waals surface area contributed by atoms with E-state index in [-0.39, 0.29) is 5.91 Å². The molecule has 1 aliphatic rings. The highest BCUT2D eigenvalue weighted by Crippen LogP contribution is 2.21. The van der Waals surface area contributed by atoms with Crippen LogP contribution in [0.5, 0.6) is 0 Å². The predicted molar refractivity (Wildman–Crippen MR) is 74.5 cm³/mol. The van der Waals surface area contributed by atoms with Crippen molar-refractivity contribution < 1.29 is 4.79 Å². The molecule has 0 saturated heterocycles. The van der Waals surface area contributed by atoms with Crippen LogP contribution in [0, 0.1) is 0 Å². The third-order valence-corrected chi connectivity index (χ3v) is 3.45. The van der Waals surface area contributed by atoms with Crippen LogP contribution in [0.4, 0.5) is 11.4 Å². The van der Waals surface area contributed by atoms with Gasteiger partial charge in [0.05, 0.1) is 17.9 Å². The highest BCUT2D eigenvalue weighted by Gasteiger charge is 2.18. The minimum atomic E-state index is 0.0765. The van der Waals surface area contributed by atoms with Gasteiger partial charge < -0.3 is 16.0 Å². The number of nitrogen functional groups attached to an aromatic ring is 1. The first-order chi connectivity index (χ1) is 8.66. The van der Waals surface area contributed by atoms with E-state index in [0.29, 0.717) is 18.3 Å². The van der Waals surface area contributed by atoms with E-state index in [1.807, 2.05) is 36.2 Å². The van der Waals surface area contributed by atoms with Gasteiger partial charge in [0.2, 0.25) is 5.91 Å². The summed E-state index contributed by atoms with van der Waals surface area (Å²) in [6, 6.07) is 7.97. The van der Waals surface area contributed by atoms with Crippen LogP contribution in [0.3, 0.4) is 0 Å². The van der Waals surface area contributed by atoms with Crippen molar-refractivity contribution in [3.8, 4) is 0 Å². The summed E-state index contributed by atoms with van der Waals surface area (Å²) in [6.07, 6.45) is 4.69. The normalized spacial score (nSPS) is 15.6. The molecule has 2 rings (SSSR count). The highest BCUT2D eigenvalue weighted by molar-refractivity contribution is 5.83. The average molecular weight is 247 g/mol. The number of hydrogen-bond donors (Lipinski definition) is 2. The van der Waals surface area contributed by atoms with E-state index in [0.717, 1.165) is 18.5 Å². The maximum atomic E-state index is 11.9. The lowest BCUT2D eigenvalue weighted by Crippen LogP contribution is -2.40. The van der Waals surface area contributed by atoms with Crippen molar-refractivity contribution in [3.05, 3.63) is 24.3 Å². The van der Waals surface area contributed by atoms with Crippen molar-refractivity contribution in [2.24, 2.45) is 0 Å². The van der Waals surface area contributed by atoms with Crippen molar-refractivity contribution in [2.45, 2.75) is 31.7 Å². The minimum Gasteiger partial charge on any atom is -0.397 e. The van der Waals surface area contributed by atoms with Gasteiger partial charge in [0.1, 0.15) is 0 Å². The number of benzene rings is 1. The molecule has 1 aliphatic carbocycles. The van der Waals surface area contributed by atoms with Gasteiger partial charge in [-0.3, -0.25) is 4.79 Å². The fourth-order valence-corrected chi connectivity index (χ4v) is 2.48. The van der Waals surface area contributed by atoms with Crippen molar-refractivity contribution in [1.82, 2.24) is 5.32 Å². The predicted octanol–water partition coefficient (Wildman–Crippen LogP) is 1.76. The molecule has 4 heteroatoms. The fraction of sp³-hybridized carbons (Fsp3) is 0.500. The number of carbonyl (C=O) groups excluding carboxylic acids is 1. The Balaban J connectivity index is 1.88. The van der Waals surface area contributed by atoms with Crippen LogP contribution in [-0.4, -0.2) is 25.5 Å². The molecule has 1 saturated carbocycles. The number of anilines is 2. The van der Waals surface area contributed by atoms with Gasteiger partial charge in [-0.05, 0) is 25.0 Å². The lowest BCUT2D eigenvalue weighted by molar-refractivity contribution is -0.120. The smallest absolute Gasteiger partial charge is 0.239 e. The average Bonchev–Trinajstić information content (AvgIpc) is 2.82. The second-order valence-electron chi connectivity index (χ2n) is 4.96. The van der Waals surface area contributed by atoms with Gasteiger partial charge in [-0.25, -0.2) is 0 Å². The van der Waals surface area contributed by atoms with Gasteiger partial charge in [0, 0.05) is 13.1 Å². The summed E-state index contributed by atoms with van der Waals surface area (Å²) in [5.74, 6) is 0.0765. The number of rotatable bonds is 4. The van der Waals surface area contributed by atoms with E-state index in [1.54, 1.807) is 0 Å². The molecule has 0 unspecified atom stereocenters. The molecular formula is C14H21N3O. The van der Waals surface area contributed by atoms with Gasteiger partial charge in [-0.15, -0.1) is 0 Å². The Kier molecular flexibility index (Phi) is 4.07. The first-order valence-corrected chi connectivity index (χ1v) is 6.52. The molecule has 1 aromatic carbocycles. The Morgan fingerprint density at radius 1 is 1.39 bits per heavy atom. The zero-order valence-corrected chi connectivity index (χ0v) is 10.9. The molecule has 1 fully saturated rings. The number of amides is 1. The first-order valence-electron chi connectivity index (χ1n) is 6.52. The van der Waals surface area contributed by atoms with Crippen LogP contribution in [-0.2, 0) is 4.79 Å². The summed E-state index contributed by atoms with van der Waals surface area (Å²) in [5.41, 5.74) is 7.49. The monoisotopic (exact) mass is 247 g/mol. The largest absolute Gasteiger partial charge is 0.397 e. The molecule has 3 N–H and O–H groups in total. The van der Waals surface area contributed by atoms with E-state index in [1.165, 1.54) is 12.8 Å². The molecule has 0 aliphatic heterocycles. The summed E-state index contributed by atoms with van der Waals surface area (Å²) in [4.78, 5) is 13.8. The molecule has 18 heavy (non-hydrogen) atoms. The van der Waals surface area contributed by atoms with Crippen LogP contribution >= 0.6 is 0 Å². The van der Waals surface area contributed by atoms with E-state index >= 15 is 0 Å². The van der Waals surface area contributed by atoms with Crippen molar-refractivity contribution in [3.63, 3.8) is 0 Å². The summed E-state index contributed by atoms with van der Waals surface area (Å²) >= 11 is 0. The number of nitrogens with one attached hydrogen (secondary N) is 1. The molecule has 4 nitrogen and oxygen atoms in total. The molecule has 1 aromatic rings. The van der Waals surface area contributed by atoms with E-state index in [2.05, 4.69) is 5.32 Å². The SMILES string of the molecule is CN(CC(=O)NC1CCCC1)c1ccccc1N. The van der Waals surface area contributed by atoms with Crippen LogP contribution in [0.15, 0.2) is 24.3 Å². The molecule has 0 heterocycles. The highest BCUT2D eigenvalue weighted by atomic mass is 16.2. The second kappa shape index (κ2) is 5.76. The lowest BCUT2D eigenvalue weighted by Gasteiger charge is -2.21. The molecular weight excluding hydrogens is 226 g/mol. The van der Waals surface area contributed by atoms with Crippen LogP contribution in [0.25, 0.3) is 0 Å². The van der Waals surface area contributed by atoms with Crippen LogP contribution in [0.1, 0.15) is 25.7 Å². The van der Waals surface area contributed by atoms with Crippen molar-refractivity contribution in [1.29, 1.82) is 0 Å². The number of likely N-dealkylation sites (N-methyl/N-ethyl adjacent to an activating group) is 1. The van der Waals surface area contributed by atoms with Gasteiger partial charge in [0.15, 0.2) is 0 Å². The second-order valence-corrected chi connectivity index (χ2v) is 4.96. The molecule has 1 amide bonds. The van der Waals surface area contributed by atoms with Gasteiger partial charge in [-0.2, -0.15) is 0 Å². The Hall–Kier alpha value is -1.71. The third-order valence-electron chi connectivity index (χ3n) is 3.45. The van der Waals surface area contributed by atoms with Crippen LogP contribution in [0.2, 0.25) is 0 Å². The van der Waals surface area contributed by atoms with E-state index < -0.39 is 0 Å². The Morgan fingerprint density at radius 3 is 2.72 bits per heavy atom. The molecule has 0 radical (unpaired) electrons. The van der Waals surface area contributed by atoms with Gasteiger partial charge in [0.25, 0.3) is 0 Å². The standard InChI is InChI=1S/C14H21N3O/c1-17(13-9-5-4-8-12(13)15)10-14(18)16-11-6-2-3-7-11/h4-5,8-9,11H,2-3,6-7,10,15H2,1H3,(H,16,18). The van der Waals surface area contributed by atoms with Crippen molar-refractivity contribution in [2.75, 3.05) is 24.2 Å². The van der Waals surface area contributed by atoms with Gasteiger partial charge in [-0.1, -0.05) is 25.0 Å². The number of nitrogens with two attached hydrogens (primary N) is 1. The summed E-state index contributed by atoms with van der Waals surface area (Å²) < 4.78 is 0. The molecule has 0 bridgehead atoms. The first kappa shape index (κ1) is 12.7. The number of carbonyl (C=O) groups is 1. The summed E-state index contributed by atoms with van der Waals surface area (Å²) in [5, 5.41) is 3.08. The minimum absolute atomic E-state index is 0.0765. The van der Waals surface area contributed by atoms with Crippen LogP contribution < -0.4 is 16.0 Å². The molecule has 0 aromatic heterocycles. The Morgan fingerprint density at radius 2 is 2.06 bits per heavy atom. The maximum absolute atomic E-state index is 11.9. The number of para-hydroxylation sites is 2. The van der Waals surface area contributed by atoms with Crippen molar-refractivity contribution >= 4 is 17.3 Å². The van der Waals surface area contributed by atoms with E-state index in [4.69, 9.17) is 5.73 Å². The topological polar surface area (TPSA) is 58.4 Å². The Labute approximate surface area is 108 Å². The Bertz CT molecular complexity index is 413. The molecule has 0 atom stereocenters. The number of nitrogens with zero attached hydrogens (tertiary/aromatic N) is 1. The molecule has 0 spiro atoms. The fourth-order valence-electron chi connectivity index (χ4n) is 2.48. The number of hydrogen-bond acceptors (Lipinski definition) is 3. The van der Waals surface area contributed by atoms with Gasteiger partial charge >= 0.3 is 0 Å². The summed E-state index contributed by atoms with van der Waals surface area (Å²) in [6.45, 7) is 0.352. The summed E-state index contributed by atoms with van der Waals surface area (Å²) in [7, 11) is 1.89. The quantitative estimate of drug-likeness (QED) is 0.797.